The lowest BCUT2D eigenvalue weighted by molar-refractivity contribution is 0.102. The molecule has 4 rings (SSSR count). The summed E-state index contributed by atoms with van der Waals surface area (Å²) in [6, 6.07) is 20.1. The highest BCUT2D eigenvalue weighted by molar-refractivity contribution is 7.99. The van der Waals surface area contributed by atoms with E-state index in [0.717, 1.165) is 41.2 Å². The van der Waals surface area contributed by atoms with E-state index in [2.05, 4.69) is 39.0 Å². The maximum absolute atomic E-state index is 12.9. The van der Waals surface area contributed by atoms with Gasteiger partial charge in [-0.3, -0.25) is 4.79 Å². The number of ether oxygens (including phenoxy) is 1. The van der Waals surface area contributed by atoms with Crippen LogP contribution in [0.5, 0.6) is 5.75 Å². The number of hydrogen-bond acceptors (Lipinski definition) is 6. The fourth-order valence-electron chi connectivity index (χ4n) is 3.80. The molecule has 0 amide bonds. The van der Waals surface area contributed by atoms with Crippen molar-refractivity contribution in [2.75, 3.05) is 12.9 Å². The van der Waals surface area contributed by atoms with Crippen molar-refractivity contribution in [3.63, 3.8) is 0 Å². The molecule has 0 atom stereocenters. The second-order valence-corrected chi connectivity index (χ2v) is 8.80. The SMILES string of the molecule is COc1ccc(Cc2nnc(SCC(=O)c3cc(C)n(CCc4ccccc4)c3C)o2)cc1. The highest BCUT2D eigenvalue weighted by Crippen LogP contribution is 2.23. The van der Waals surface area contributed by atoms with Gasteiger partial charge in [0.15, 0.2) is 5.78 Å². The van der Waals surface area contributed by atoms with Crippen molar-refractivity contribution in [1.82, 2.24) is 14.8 Å². The van der Waals surface area contributed by atoms with Crippen LogP contribution >= 0.6 is 11.8 Å². The maximum atomic E-state index is 12.9. The summed E-state index contributed by atoms with van der Waals surface area (Å²) in [4.78, 5) is 12.9. The van der Waals surface area contributed by atoms with Crippen LogP contribution in [0.15, 0.2) is 70.3 Å². The van der Waals surface area contributed by atoms with Gasteiger partial charge in [0.2, 0.25) is 5.89 Å². The van der Waals surface area contributed by atoms with E-state index < -0.39 is 0 Å². The number of carbonyl (C=O) groups is 1. The van der Waals surface area contributed by atoms with E-state index in [1.54, 1.807) is 7.11 Å². The second-order valence-electron chi connectivity index (χ2n) is 7.87. The fourth-order valence-corrected chi connectivity index (χ4v) is 4.47. The van der Waals surface area contributed by atoms with Crippen LogP contribution in [0.4, 0.5) is 0 Å². The minimum Gasteiger partial charge on any atom is -0.497 e. The Labute approximate surface area is 198 Å². The molecule has 0 radical (unpaired) electrons. The first kappa shape index (κ1) is 22.9. The molecule has 0 spiro atoms. The average Bonchev–Trinajstić information content (AvgIpc) is 3.40. The summed E-state index contributed by atoms with van der Waals surface area (Å²) in [6.45, 7) is 4.90. The van der Waals surface area contributed by atoms with Crippen molar-refractivity contribution in [1.29, 1.82) is 0 Å². The number of rotatable bonds is 10. The third kappa shape index (κ3) is 5.73. The number of aromatic nitrogens is 3. The highest BCUT2D eigenvalue weighted by Gasteiger charge is 2.17. The number of aryl methyl sites for hydroxylation is 2. The summed E-state index contributed by atoms with van der Waals surface area (Å²) < 4.78 is 13.1. The van der Waals surface area contributed by atoms with E-state index in [1.165, 1.54) is 17.3 Å². The van der Waals surface area contributed by atoms with E-state index in [1.807, 2.05) is 50.2 Å². The van der Waals surface area contributed by atoms with Crippen molar-refractivity contribution < 1.29 is 13.9 Å². The Bertz CT molecular complexity index is 1210. The molecular formula is C26H27N3O3S. The van der Waals surface area contributed by atoms with Gasteiger partial charge in [0.25, 0.3) is 5.22 Å². The number of Topliss-reactive ketones (excluding diaryl/α,β-unsaturated/α-hetero) is 1. The number of methoxy groups -OCH3 is 1. The number of thioether (sulfide) groups is 1. The first-order chi connectivity index (χ1) is 16.0. The van der Waals surface area contributed by atoms with Crippen molar-refractivity contribution in [3.05, 3.63) is 94.6 Å². The molecule has 0 saturated heterocycles. The van der Waals surface area contributed by atoms with E-state index in [-0.39, 0.29) is 11.5 Å². The Kier molecular flexibility index (Phi) is 7.29. The highest BCUT2D eigenvalue weighted by atomic mass is 32.2. The number of ketones is 1. The number of benzene rings is 2. The van der Waals surface area contributed by atoms with Gasteiger partial charge < -0.3 is 13.7 Å². The summed E-state index contributed by atoms with van der Waals surface area (Å²) in [6.07, 6.45) is 1.46. The summed E-state index contributed by atoms with van der Waals surface area (Å²) in [7, 11) is 1.64. The zero-order valence-electron chi connectivity index (χ0n) is 19.1. The first-order valence-corrected chi connectivity index (χ1v) is 11.8. The lowest BCUT2D eigenvalue weighted by Gasteiger charge is -2.10. The monoisotopic (exact) mass is 461 g/mol. The molecule has 2 aromatic carbocycles. The second kappa shape index (κ2) is 10.5. The Morgan fingerprint density at radius 1 is 1.03 bits per heavy atom. The maximum Gasteiger partial charge on any atom is 0.277 e. The molecular weight excluding hydrogens is 434 g/mol. The van der Waals surface area contributed by atoms with Gasteiger partial charge in [-0.25, -0.2) is 0 Å². The molecule has 4 aromatic rings. The largest absolute Gasteiger partial charge is 0.497 e. The van der Waals surface area contributed by atoms with Gasteiger partial charge in [0, 0.05) is 23.5 Å². The van der Waals surface area contributed by atoms with Gasteiger partial charge in [-0.2, -0.15) is 0 Å². The molecule has 33 heavy (non-hydrogen) atoms. The summed E-state index contributed by atoms with van der Waals surface area (Å²) in [5.41, 5.74) is 5.19. The topological polar surface area (TPSA) is 70.2 Å². The third-order valence-corrected chi connectivity index (χ3v) is 6.45. The van der Waals surface area contributed by atoms with Crippen molar-refractivity contribution in [2.45, 2.75) is 38.5 Å². The zero-order chi connectivity index (χ0) is 23.2. The molecule has 0 aliphatic carbocycles. The van der Waals surface area contributed by atoms with Crippen LogP contribution < -0.4 is 4.74 Å². The number of carbonyl (C=O) groups excluding carboxylic acids is 1. The molecule has 0 fully saturated rings. The van der Waals surface area contributed by atoms with Crippen LogP contribution in [0.3, 0.4) is 0 Å². The molecule has 0 N–H and O–H groups in total. The normalized spacial score (nSPS) is 11.0. The molecule has 0 aliphatic heterocycles. The van der Waals surface area contributed by atoms with Crippen LogP contribution in [0, 0.1) is 13.8 Å². The van der Waals surface area contributed by atoms with Gasteiger partial charge in [0.05, 0.1) is 19.3 Å². The van der Waals surface area contributed by atoms with Gasteiger partial charge in [-0.05, 0) is 49.6 Å². The standard InChI is InChI=1S/C26H27N3O3S/c1-18-15-23(19(2)29(18)14-13-20-7-5-4-6-8-20)24(30)17-33-26-28-27-25(32-26)16-21-9-11-22(31-3)12-10-21/h4-12,15H,13-14,16-17H2,1-3H3. The van der Waals surface area contributed by atoms with Crippen molar-refractivity contribution in [2.24, 2.45) is 0 Å². The molecule has 2 heterocycles. The predicted octanol–water partition coefficient (Wildman–Crippen LogP) is 5.31. The fraction of sp³-hybridized carbons (Fsp3) is 0.269. The van der Waals surface area contributed by atoms with E-state index >= 15 is 0 Å². The lowest BCUT2D eigenvalue weighted by atomic mass is 10.1. The molecule has 0 saturated carbocycles. The molecule has 6 nitrogen and oxygen atoms in total. The summed E-state index contributed by atoms with van der Waals surface area (Å²) in [5, 5.41) is 8.60. The van der Waals surface area contributed by atoms with Gasteiger partial charge >= 0.3 is 0 Å². The Morgan fingerprint density at radius 3 is 2.52 bits per heavy atom. The molecule has 0 bridgehead atoms. The first-order valence-electron chi connectivity index (χ1n) is 10.9. The Morgan fingerprint density at radius 2 is 1.79 bits per heavy atom. The van der Waals surface area contributed by atoms with E-state index in [9.17, 15) is 4.79 Å². The van der Waals surface area contributed by atoms with Crippen LogP contribution in [0.1, 0.15) is 38.8 Å². The van der Waals surface area contributed by atoms with Gasteiger partial charge in [0.1, 0.15) is 5.75 Å². The van der Waals surface area contributed by atoms with Crippen LogP contribution in [-0.2, 0) is 19.4 Å². The van der Waals surface area contributed by atoms with E-state index in [4.69, 9.17) is 9.15 Å². The zero-order valence-corrected chi connectivity index (χ0v) is 19.9. The third-order valence-electron chi connectivity index (χ3n) is 5.63. The smallest absolute Gasteiger partial charge is 0.277 e. The number of nitrogens with zero attached hydrogens (tertiary/aromatic N) is 3. The minimum absolute atomic E-state index is 0.0639. The minimum atomic E-state index is 0.0639. The Hall–Kier alpha value is -3.32. The van der Waals surface area contributed by atoms with Crippen molar-refractivity contribution in [3.8, 4) is 5.75 Å². The van der Waals surface area contributed by atoms with Gasteiger partial charge in [-0.1, -0.05) is 54.2 Å². The molecule has 0 aliphatic rings. The Balaban J connectivity index is 1.34. The lowest BCUT2D eigenvalue weighted by Crippen LogP contribution is -2.08. The molecule has 7 heteroatoms. The van der Waals surface area contributed by atoms with Crippen LogP contribution in [-0.4, -0.2) is 33.4 Å². The summed E-state index contributed by atoms with van der Waals surface area (Å²) in [5.74, 6) is 1.65. The quantitative estimate of drug-likeness (QED) is 0.236. The number of hydrogen-bond donors (Lipinski definition) is 0. The molecule has 170 valence electrons. The van der Waals surface area contributed by atoms with E-state index in [0.29, 0.717) is 17.5 Å². The van der Waals surface area contributed by atoms with Crippen LogP contribution in [0.25, 0.3) is 0 Å². The van der Waals surface area contributed by atoms with Crippen LogP contribution in [0.2, 0.25) is 0 Å². The predicted molar refractivity (Wildman–Crippen MR) is 129 cm³/mol. The molecule has 0 unspecified atom stereocenters. The molecule has 2 aromatic heterocycles. The summed E-state index contributed by atoms with van der Waals surface area (Å²) >= 11 is 1.28. The van der Waals surface area contributed by atoms with Crippen molar-refractivity contribution >= 4 is 17.5 Å². The van der Waals surface area contributed by atoms with Gasteiger partial charge in [-0.15, -0.1) is 10.2 Å². The average molecular weight is 462 g/mol.